The maximum absolute atomic E-state index is 15.9. The van der Waals surface area contributed by atoms with Gasteiger partial charge in [-0.25, -0.2) is 4.79 Å². The average Bonchev–Trinajstić information content (AvgIpc) is 3.26. The largest absolute Gasteiger partial charge is 0.487 e. The number of carbonyl (C=O) groups is 3. The van der Waals surface area contributed by atoms with Crippen LogP contribution >= 0.6 is 63.7 Å². The van der Waals surface area contributed by atoms with Crippen molar-refractivity contribution in [3.8, 4) is 11.5 Å². The van der Waals surface area contributed by atoms with Gasteiger partial charge in [0.2, 0.25) is 5.91 Å². The number of hydrogen-bond donors (Lipinski definition) is 2. The van der Waals surface area contributed by atoms with Gasteiger partial charge in [0.15, 0.2) is 5.78 Å². The topological polar surface area (TPSA) is 126 Å². The molecule has 0 aromatic heterocycles. The van der Waals surface area contributed by atoms with Crippen LogP contribution in [0.3, 0.4) is 0 Å². The van der Waals surface area contributed by atoms with E-state index in [1.54, 1.807) is 25.7 Å². The molecule has 1 heterocycles. The van der Waals surface area contributed by atoms with Gasteiger partial charge in [0.1, 0.15) is 36.4 Å². The third kappa shape index (κ3) is 11.9. The van der Waals surface area contributed by atoms with Crippen molar-refractivity contribution in [3.05, 3.63) is 125 Å². The zero-order valence-corrected chi connectivity index (χ0v) is 43.5. The molecule has 65 heavy (non-hydrogen) atoms. The highest BCUT2D eigenvalue weighted by Crippen LogP contribution is 2.48. The van der Waals surface area contributed by atoms with Crippen LogP contribution in [0.4, 0.5) is 4.79 Å². The third-order valence-electron chi connectivity index (χ3n) is 12.8. The maximum Gasteiger partial charge on any atom is 0.410 e. The first kappa shape index (κ1) is 49.6. The highest BCUT2D eigenvalue weighted by Gasteiger charge is 2.52. The molecule has 3 fully saturated rings. The van der Waals surface area contributed by atoms with Crippen LogP contribution in [0.25, 0.3) is 0 Å². The summed E-state index contributed by atoms with van der Waals surface area (Å²) in [6, 6.07) is 25.7. The fourth-order valence-electron chi connectivity index (χ4n) is 9.70. The van der Waals surface area contributed by atoms with Crippen LogP contribution in [0, 0.1) is 0 Å². The van der Waals surface area contributed by atoms with Crippen LogP contribution in [-0.4, -0.2) is 80.3 Å². The SMILES string of the molecule is CC(C)(C)OC(=O)N1CCN(C(=O)C(c2cc(Br)c(OCc3ccccc3)c(Br)c2)C2(O)CCCCC2)C(C(=O)C(c2cc(Br)c(OCc3ccccc3)c(Br)c2)C2(O)CCCCC2)C1. The van der Waals surface area contributed by atoms with Crippen LogP contribution < -0.4 is 9.47 Å². The smallest absolute Gasteiger partial charge is 0.410 e. The molecule has 2 N–H and O–H groups in total. The molecule has 4 aromatic carbocycles. The van der Waals surface area contributed by atoms with E-state index in [1.165, 1.54) is 4.90 Å². The molecule has 4 aromatic rings. The lowest BCUT2D eigenvalue weighted by Gasteiger charge is -2.47. The third-order valence-corrected chi connectivity index (χ3v) is 15.2. The summed E-state index contributed by atoms with van der Waals surface area (Å²) in [6.07, 6.45) is 5.72. The molecule has 1 saturated heterocycles. The van der Waals surface area contributed by atoms with Crippen molar-refractivity contribution in [1.82, 2.24) is 9.80 Å². The molecular weight excluding hydrogens is 1090 g/mol. The predicted molar refractivity (Wildman–Crippen MR) is 265 cm³/mol. The molecule has 0 radical (unpaired) electrons. The quantitative estimate of drug-likeness (QED) is 0.136. The van der Waals surface area contributed by atoms with Gasteiger partial charge in [0.05, 0.1) is 47.5 Å². The lowest BCUT2D eigenvalue weighted by molar-refractivity contribution is -0.154. The minimum atomic E-state index is -1.45. The minimum absolute atomic E-state index is 0.00642. The molecule has 0 spiro atoms. The Morgan fingerprint density at radius 1 is 0.646 bits per heavy atom. The van der Waals surface area contributed by atoms with Crippen molar-refractivity contribution in [2.24, 2.45) is 0 Å². The number of piperazine rings is 1. The van der Waals surface area contributed by atoms with Crippen LogP contribution in [-0.2, 0) is 27.5 Å². The normalized spacial score (nSPS) is 19.5. The Balaban J connectivity index is 1.29. The first-order chi connectivity index (χ1) is 31.0. The molecule has 3 aliphatic rings. The van der Waals surface area contributed by atoms with Crippen molar-refractivity contribution in [2.75, 3.05) is 19.6 Å². The van der Waals surface area contributed by atoms with Gasteiger partial charge < -0.3 is 34.2 Å². The van der Waals surface area contributed by atoms with Gasteiger partial charge in [0.25, 0.3) is 0 Å². The molecule has 0 bridgehead atoms. The van der Waals surface area contributed by atoms with Gasteiger partial charge >= 0.3 is 6.09 Å². The summed E-state index contributed by atoms with van der Waals surface area (Å²) >= 11 is 14.9. The van der Waals surface area contributed by atoms with Crippen molar-refractivity contribution in [1.29, 1.82) is 0 Å². The Bertz CT molecular complexity index is 2270. The summed E-state index contributed by atoms with van der Waals surface area (Å²) in [5.74, 6) is -1.87. The molecule has 14 heteroatoms. The van der Waals surface area contributed by atoms with E-state index in [-0.39, 0.29) is 19.6 Å². The number of ketones is 1. The molecule has 3 unspecified atom stereocenters. The van der Waals surface area contributed by atoms with Crippen molar-refractivity contribution < 1.29 is 38.8 Å². The maximum atomic E-state index is 15.9. The molecular formula is C51H58Br4N2O8. The van der Waals surface area contributed by atoms with E-state index < -0.39 is 52.5 Å². The zero-order chi connectivity index (χ0) is 46.5. The van der Waals surface area contributed by atoms with E-state index in [4.69, 9.17) is 14.2 Å². The lowest BCUT2D eigenvalue weighted by Crippen LogP contribution is -2.63. The van der Waals surface area contributed by atoms with Crippen LogP contribution in [0.5, 0.6) is 11.5 Å². The summed E-state index contributed by atoms with van der Waals surface area (Å²) < 4.78 is 20.7. The van der Waals surface area contributed by atoms with Crippen LogP contribution in [0.15, 0.2) is 103 Å². The van der Waals surface area contributed by atoms with Crippen LogP contribution in [0.2, 0.25) is 0 Å². The molecule has 3 atom stereocenters. The van der Waals surface area contributed by atoms with Gasteiger partial charge in [-0.05, 0) is 157 Å². The first-order valence-electron chi connectivity index (χ1n) is 22.5. The summed E-state index contributed by atoms with van der Waals surface area (Å²) in [5.41, 5.74) is -0.595. The Morgan fingerprint density at radius 2 is 1.06 bits per heavy atom. The summed E-state index contributed by atoms with van der Waals surface area (Å²) in [5, 5.41) is 25.4. The predicted octanol–water partition coefficient (Wildman–Crippen LogP) is 12.2. The van der Waals surface area contributed by atoms with E-state index in [0.29, 0.717) is 79.4 Å². The fraction of sp³-hybridized carbons (Fsp3) is 0.471. The second-order valence-electron chi connectivity index (χ2n) is 18.7. The van der Waals surface area contributed by atoms with E-state index in [9.17, 15) is 15.0 Å². The number of amides is 2. The summed E-state index contributed by atoms with van der Waals surface area (Å²) in [4.78, 5) is 48.4. The summed E-state index contributed by atoms with van der Waals surface area (Å²) in [7, 11) is 0. The number of hydrogen-bond acceptors (Lipinski definition) is 8. The van der Waals surface area contributed by atoms with Crippen molar-refractivity contribution >= 4 is 81.5 Å². The number of nitrogens with zero attached hydrogens (tertiary/aromatic N) is 2. The van der Waals surface area contributed by atoms with Gasteiger partial charge in [-0.1, -0.05) is 99.2 Å². The first-order valence-corrected chi connectivity index (χ1v) is 25.7. The fourth-order valence-corrected chi connectivity index (χ4v) is 12.6. The number of halogens is 4. The highest BCUT2D eigenvalue weighted by atomic mass is 79.9. The zero-order valence-electron chi connectivity index (χ0n) is 37.2. The number of aliphatic hydroxyl groups is 2. The standard InChI is InChI=1S/C51H58Br4N2O8/c1-49(2,3)65-48(60)56-24-25-57(47(59)43(51(62)22-14-7-15-23-51)36-28-39(54)46(40(55)29-36)64-32-34-18-10-5-11-19-34)41(30-56)44(58)42(50(61)20-12-6-13-21-50)35-26-37(52)45(38(53)27-35)63-31-33-16-8-4-9-17-33/h4-5,8-11,16-19,26-29,41-43,61-62H,6-7,12-15,20-25,30-32H2,1-3H3. The Kier molecular flexibility index (Phi) is 16.3. The van der Waals surface area contributed by atoms with Gasteiger partial charge in [-0.2, -0.15) is 0 Å². The Morgan fingerprint density at radius 3 is 1.49 bits per heavy atom. The minimum Gasteiger partial charge on any atom is -0.487 e. The highest BCUT2D eigenvalue weighted by molar-refractivity contribution is 9.11. The molecule has 2 aliphatic carbocycles. The van der Waals surface area contributed by atoms with E-state index in [1.807, 2.05) is 84.9 Å². The van der Waals surface area contributed by atoms with Gasteiger partial charge in [-0.15, -0.1) is 0 Å². The molecule has 10 nitrogen and oxygen atoms in total. The number of benzene rings is 4. The molecule has 1 aliphatic heterocycles. The van der Waals surface area contributed by atoms with Crippen molar-refractivity contribution in [3.63, 3.8) is 0 Å². The lowest BCUT2D eigenvalue weighted by atomic mass is 9.69. The molecule has 348 valence electrons. The van der Waals surface area contributed by atoms with Gasteiger partial charge in [-0.3, -0.25) is 9.59 Å². The van der Waals surface area contributed by atoms with E-state index in [0.717, 1.165) is 49.7 Å². The van der Waals surface area contributed by atoms with E-state index in [2.05, 4.69) is 63.7 Å². The molecule has 2 amide bonds. The number of ether oxygens (including phenoxy) is 3. The van der Waals surface area contributed by atoms with Crippen LogP contribution in [0.1, 0.15) is 119 Å². The average molecular weight is 1150 g/mol. The van der Waals surface area contributed by atoms with E-state index >= 15 is 9.59 Å². The summed E-state index contributed by atoms with van der Waals surface area (Å²) in [6.45, 7) is 5.95. The Hall–Kier alpha value is -3.27. The number of carbonyl (C=O) groups excluding carboxylic acids is 3. The second-order valence-corrected chi connectivity index (χ2v) is 22.2. The Labute approximate surface area is 416 Å². The van der Waals surface area contributed by atoms with Gasteiger partial charge in [0, 0.05) is 13.1 Å². The number of Topliss-reactive ketones (excluding diaryl/α,β-unsaturated/α-hetero) is 1. The monoisotopic (exact) mass is 1140 g/mol. The van der Waals surface area contributed by atoms with Crippen molar-refractivity contribution in [2.45, 2.75) is 133 Å². The second kappa shape index (κ2) is 21.4. The number of rotatable bonds is 13. The molecule has 2 saturated carbocycles. The molecule has 7 rings (SSSR count).